The number of Topliss-reactive ketones (excluding diaryl/α,β-unsaturated/α-hetero) is 1. The van der Waals surface area contributed by atoms with E-state index in [1.54, 1.807) is 17.1 Å². The summed E-state index contributed by atoms with van der Waals surface area (Å²) < 4.78 is 1.67. The molecule has 0 saturated heterocycles. The minimum atomic E-state index is -0.550. The van der Waals surface area contributed by atoms with Crippen LogP contribution in [0, 0.1) is 40.4 Å². The molecule has 4 aliphatic carbocycles. The van der Waals surface area contributed by atoms with Gasteiger partial charge in [-0.1, -0.05) is 12.1 Å². The second kappa shape index (κ2) is 7.65. The predicted molar refractivity (Wildman–Crippen MR) is 117 cm³/mol. The van der Waals surface area contributed by atoms with Gasteiger partial charge in [0.25, 0.3) is 0 Å². The van der Waals surface area contributed by atoms with Crippen LogP contribution in [0.25, 0.3) is 0 Å². The first-order valence-electron chi connectivity index (χ1n) is 12.5. The number of aromatic nitrogens is 3. The summed E-state index contributed by atoms with van der Waals surface area (Å²) in [6, 6.07) is 0. The average Bonchev–Trinajstić information content (AvgIpc) is 3.35. The van der Waals surface area contributed by atoms with Crippen molar-refractivity contribution in [2.45, 2.75) is 90.2 Å². The topological polar surface area (TPSA) is 88.2 Å². The first-order valence-corrected chi connectivity index (χ1v) is 12.5. The monoisotopic (exact) mass is 429 g/mol. The Hall–Kier alpha value is -1.27. The van der Waals surface area contributed by atoms with Crippen molar-refractivity contribution in [3.8, 4) is 0 Å². The molecule has 4 saturated carbocycles. The van der Waals surface area contributed by atoms with E-state index in [4.69, 9.17) is 0 Å². The summed E-state index contributed by atoms with van der Waals surface area (Å²) in [6.45, 7) is 4.99. The Bertz CT molecular complexity index is 809. The van der Waals surface area contributed by atoms with Gasteiger partial charge in [-0.05, 0) is 106 Å². The van der Waals surface area contributed by atoms with E-state index >= 15 is 0 Å². The van der Waals surface area contributed by atoms with Crippen LogP contribution in [0.1, 0.15) is 78.1 Å². The minimum Gasteiger partial charge on any atom is -0.396 e. The van der Waals surface area contributed by atoms with Gasteiger partial charge in [-0.2, -0.15) is 0 Å². The molecule has 2 N–H and O–H groups in total. The molecule has 6 heteroatoms. The summed E-state index contributed by atoms with van der Waals surface area (Å²) >= 11 is 0. The van der Waals surface area contributed by atoms with E-state index in [-0.39, 0.29) is 23.4 Å². The van der Waals surface area contributed by atoms with Crippen LogP contribution >= 0.6 is 0 Å². The Morgan fingerprint density at radius 1 is 1.10 bits per heavy atom. The van der Waals surface area contributed by atoms with E-state index in [9.17, 15) is 15.0 Å². The molecule has 0 bridgehead atoms. The van der Waals surface area contributed by atoms with Crippen molar-refractivity contribution >= 4 is 5.78 Å². The van der Waals surface area contributed by atoms with Crippen LogP contribution in [0.5, 0.6) is 0 Å². The first-order chi connectivity index (χ1) is 14.8. The van der Waals surface area contributed by atoms with E-state index in [1.165, 1.54) is 19.3 Å². The van der Waals surface area contributed by atoms with Crippen LogP contribution in [0.2, 0.25) is 0 Å². The van der Waals surface area contributed by atoms with Crippen molar-refractivity contribution in [3.05, 3.63) is 12.4 Å². The average molecular weight is 430 g/mol. The number of carbonyl (C=O) groups excluding carboxylic acids is 1. The molecular formula is C25H39N3O3. The zero-order valence-corrected chi connectivity index (χ0v) is 19.2. The van der Waals surface area contributed by atoms with Crippen molar-refractivity contribution in [3.63, 3.8) is 0 Å². The highest BCUT2D eigenvalue weighted by molar-refractivity contribution is 5.82. The Kier molecular flexibility index (Phi) is 5.32. The molecule has 0 unspecified atom stereocenters. The maximum absolute atomic E-state index is 13.2. The Morgan fingerprint density at radius 2 is 1.94 bits per heavy atom. The van der Waals surface area contributed by atoms with Crippen LogP contribution in [0.15, 0.2) is 12.4 Å². The quantitative estimate of drug-likeness (QED) is 0.746. The number of hydrogen-bond acceptors (Lipinski definition) is 5. The van der Waals surface area contributed by atoms with Crippen LogP contribution in [0.3, 0.4) is 0 Å². The van der Waals surface area contributed by atoms with Crippen LogP contribution < -0.4 is 0 Å². The van der Waals surface area contributed by atoms with Crippen molar-refractivity contribution in [1.29, 1.82) is 0 Å². The maximum Gasteiger partial charge on any atom is 0.157 e. The number of aliphatic hydroxyl groups excluding tert-OH is 1. The molecule has 5 rings (SSSR count). The standard InChI is InChI=1S/C25H39N3O3/c1-23(31)9-10-25(11-14-29)17(15-23)3-4-18-19-5-6-21(24(19,2)8-7-20(18)25)22(30)16-28-13-12-26-27-28/h12-13,17-21,29,31H,3-11,14-16H2,1-2H3/t17-,18-,19-,20-,21+,23+,24-,25+/m0/s1. The van der Waals surface area contributed by atoms with Crippen molar-refractivity contribution in [2.24, 2.45) is 40.4 Å². The van der Waals surface area contributed by atoms with Crippen LogP contribution in [0.4, 0.5) is 0 Å². The van der Waals surface area contributed by atoms with E-state index in [1.807, 2.05) is 6.92 Å². The molecule has 172 valence electrons. The summed E-state index contributed by atoms with van der Waals surface area (Å²) in [5.41, 5.74) is -0.276. The molecule has 4 aliphatic rings. The van der Waals surface area contributed by atoms with E-state index in [0.717, 1.165) is 44.9 Å². The lowest BCUT2D eigenvalue weighted by Gasteiger charge is -2.63. The molecule has 0 radical (unpaired) electrons. The van der Waals surface area contributed by atoms with Gasteiger partial charge in [0.2, 0.25) is 0 Å². The first kappa shape index (κ1) is 21.6. The van der Waals surface area contributed by atoms with Gasteiger partial charge in [-0.15, -0.1) is 5.10 Å². The van der Waals surface area contributed by atoms with Crippen molar-refractivity contribution in [1.82, 2.24) is 15.0 Å². The summed E-state index contributed by atoms with van der Waals surface area (Å²) in [7, 11) is 0. The fourth-order valence-corrected chi connectivity index (χ4v) is 9.06. The lowest BCUT2D eigenvalue weighted by molar-refractivity contribution is -0.163. The molecule has 4 fully saturated rings. The van der Waals surface area contributed by atoms with Gasteiger partial charge < -0.3 is 10.2 Å². The Labute approximate surface area is 185 Å². The number of nitrogens with zero attached hydrogens (tertiary/aromatic N) is 3. The summed E-state index contributed by atoms with van der Waals surface area (Å²) in [5, 5.41) is 28.7. The highest BCUT2D eigenvalue weighted by Gasteiger charge is 2.62. The van der Waals surface area contributed by atoms with Crippen LogP contribution in [-0.4, -0.2) is 43.2 Å². The smallest absolute Gasteiger partial charge is 0.157 e. The van der Waals surface area contributed by atoms with Crippen LogP contribution in [-0.2, 0) is 11.3 Å². The van der Waals surface area contributed by atoms with E-state index in [0.29, 0.717) is 36.0 Å². The molecule has 0 aromatic carbocycles. The highest BCUT2D eigenvalue weighted by atomic mass is 16.3. The molecular weight excluding hydrogens is 390 g/mol. The highest BCUT2D eigenvalue weighted by Crippen LogP contribution is 2.69. The second-order valence-corrected chi connectivity index (χ2v) is 11.8. The molecule has 1 aromatic heterocycles. The largest absolute Gasteiger partial charge is 0.396 e. The molecule has 0 aliphatic heterocycles. The van der Waals surface area contributed by atoms with Gasteiger partial charge in [-0.25, -0.2) is 4.68 Å². The number of hydrogen-bond donors (Lipinski definition) is 2. The molecule has 31 heavy (non-hydrogen) atoms. The lowest BCUT2D eigenvalue weighted by Crippen LogP contribution is -2.57. The van der Waals surface area contributed by atoms with Gasteiger partial charge in [0.05, 0.1) is 11.8 Å². The SMILES string of the molecule is C[C@@]1(O)CC[C@@]2(CCO)[C@@H](CC[C@H]3[C@@H]4CC[C@H](C(=O)Cn5ccnn5)[C@@]4(C)CC[C@@H]32)C1. The zero-order chi connectivity index (χ0) is 21.9. The Morgan fingerprint density at radius 3 is 2.68 bits per heavy atom. The number of carbonyl (C=O) groups is 1. The second-order valence-electron chi connectivity index (χ2n) is 11.8. The molecule has 6 nitrogen and oxygen atoms in total. The molecule has 0 spiro atoms. The fourth-order valence-electron chi connectivity index (χ4n) is 9.06. The lowest BCUT2D eigenvalue weighted by atomic mass is 9.42. The number of ketones is 1. The van der Waals surface area contributed by atoms with Crippen molar-refractivity contribution < 1.29 is 15.0 Å². The maximum atomic E-state index is 13.2. The van der Waals surface area contributed by atoms with Gasteiger partial charge in [0.1, 0.15) is 6.54 Å². The van der Waals surface area contributed by atoms with E-state index in [2.05, 4.69) is 17.2 Å². The zero-order valence-electron chi connectivity index (χ0n) is 19.2. The summed E-state index contributed by atoms with van der Waals surface area (Å²) in [6.07, 6.45) is 13.9. The molecule has 0 amide bonds. The normalized spacial score (nSPS) is 46.8. The number of fused-ring (bicyclic) bond motifs is 5. The molecule has 1 aromatic rings. The molecule has 8 atom stereocenters. The third kappa shape index (κ3) is 3.40. The van der Waals surface area contributed by atoms with Gasteiger partial charge in [0, 0.05) is 18.7 Å². The molecule has 1 heterocycles. The summed E-state index contributed by atoms with van der Waals surface area (Å²) in [4.78, 5) is 13.2. The van der Waals surface area contributed by atoms with Gasteiger partial charge in [-0.3, -0.25) is 4.79 Å². The van der Waals surface area contributed by atoms with Crippen molar-refractivity contribution in [2.75, 3.05) is 6.61 Å². The fraction of sp³-hybridized carbons (Fsp3) is 0.880. The third-order valence-electron chi connectivity index (χ3n) is 10.4. The van der Waals surface area contributed by atoms with Gasteiger partial charge >= 0.3 is 0 Å². The third-order valence-corrected chi connectivity index (χ3v) is 10.4. The predicted octanol–water partition coefficient (Wildman–Crippen LogP) is 3.62. The number of aliphatic hydroxyl groups is 2. The summed E-state index contributed by atoms with van der Waals surface area (Å²) in [5.74, 6) is 2.88. The number of rotatable bonds is 5. The van der Waals surface area contributed by atoms with E-state index < -0.39 is 5.60 Å². The Balaban J connectivity index is 1.38. The minimum absolute atomic E-state index is 0.0895. The van der Waals surface area contributed by atoms with Gasteiger partial charge in [0.15, 0.2) is 5.78 Å².